The zero-order valence-corrected chi connectivity index (χ0v) is 15.4. The fraction of sp³-hybridized carbons (Fsp3) is 0.211. The van der Waals surface area contributed by atoms with Gasteiger partial charge in [0.1, 0.15) is 22.8 Å². The molecule has 0 aliphatic carbocycles. The first kappa shape index (κ1) is 17.8. The van der Waals surface area contributed by atoms with E-state index in [4.69, 9.17) is 16.3 Å². The number of nitrogens with zero attached hydrogens (tertiary/aromatic N) is 3. The summed E-state index contributed by atoms with van der Waals surface area (Å²) in [6.45, 7) is 5.85. The molecule has 0 amide bonds. The number of rotatable bonds is 5. The number of aromatic amines is 1. The number of aryl methyl sites for hydroxylation is 1. The first-order chi connectivity index (χ1) is 12.5. The van der Waals surface area contributed by atoms with Crippen molar-refractivity contribution >= 4 is 23.2 Å². The Balaban J connectivity index is 1.98. The molecule has 0 atom stereocenters. The monoisotopic (exact) mass is 367 g/mol. The summed E-state index contributed by atoms with van der Waals surface area (Å²) in [5.41, 5.74) is 2.79. The topological polar surface area (TPSA) is 86.6 Å². The molecule has 7 heteroatoms. The molecular formula is C19H18ClN5O. The molecule has 2 N–H and O–H groups in total. The highest BCUT2D eigenvalue weighted by atomic mass is 35.5. The van der Waals surface area contributed by atoms with Gasteiger partial charge in [-0.1, -0.05) is 23.7 Å². The van der Waals surface area contributed by atoms with Crippen molar-refractivity contribution in [2.75, 3.05) is 5.32 Å². The molecule has 0 aliphatic heterocycles. The Hall–Kier alpha value is -3.04. The maximum absolute atomic E-state index is 9.48. The number of pyridine rings is 1. The number of H-pyrrole nitrogens is 1. The van der Waals surface area contributed by atoms with Gasteiger partial charge in [-0.3, -0.25) is 5.10 Å². The van der Waals surface area contributed by atoms with Gasteiger partial charge in [-0.05, 0) is 44.5 Å². The lowest BCUT2D eigenvalue weighted by Crippen LogP contribution is -2.05. The van der Waals surface area contributed by atoms with Crippen molar-refractivity contribution in [3.63, 3.8) is 0 Å². The van der Waals surface area contributed by atoms with Crippen LogP contribution in [0.5, 0.6) is 5.75 Å². The van der Waals surface area contributed by atoms with E-state index < -0.39 is 0 Å². The Kier molecular flexibility index (Phi) is 5.10. The van der Waals surface area contributed by atoms with Gasteiger partial charge < -0.3 is 10.1 Å². The Morgan fingerprint density at radius 1 is 1.19 bits per heavy atom. The zero-order valence-electron chi connectivity index (χ0n) is 14.7. The second-order valence-electron chi connectivity index (χ2n) is 6.08. The molecule has 0 saturated carbocycles. The smallest absolute Gasteiger partial charge is 0.153 e. The van der Waals surface area contributed by atoms with Gasteiger partial charge in [0.05, 0.1) is 11.7 Å². The average molecular weight is 368 g/mol. The van der Waals surface area contributed by atoms with Crippen molar-refractivity contribution in [1.82, 2.24) is 15.2 Å². The van der Waals surface area contributed by atoms with E-state index >= 15 is 0 Å². The van der Waals surface area contributed by atoms with E-state index in [0.717, 1.165) is 17.0 Å². The van der Waals surface area contributed by atoms with Crippen LogP contribution in [-0.2, 0) is 0 Å². The molecule has 2 heterocycles. The van der Waals surface area contributed by atoms with Crippen LogP contribution in [0.2, 0.25) is 5.15 Å². The Bertz CT molecular complexity index is 957. The molecule has 0 bridgehead atoms. The molecule has 0 unspecified atom stereocenters. The summed E-state index contributed by atoms with van der Waals surface area (Å²) in [6, 6.07) is 13.3. The first-order valence-electron chi connectivity index (χ1n) is 8.13. The molecule has 0 radical (unpaired) electrons. The van der Waals surface area contributed by atoms with Crippen molar-refractivity contribution in [3.05, 3.63) is 52.8 Å². The number of anilines is 2. The van der Waals surface area contributed by atoms with E-state index in [9.17, 15) is 5.26 Å². The van der Waals surface area contributed by atoms with Crippen LogP contribution >= 0.6 is 11.6 Å². The predicted molar refractivity (Wildman–Crippen MR) is 102 cm³/mol. The van der Waals surface area contributed by atoms with E-state index in [1.165, 1.54) is 0 Å². The summed E-state index contributed by atoms with van der Waals surface area (Å²) in [6.07, 6.45) is 0.0963. The van der Waals surface area contributed by atoms with Gasteiger partial charge >= 0.3 is 0 Å². The van der Waals surface area contributed by atoms with E-state index in [2.05, 4.69) is 26.6 Å². The lowest BCUT2D eigenvalue weighted by molar-refractivity contribution is 0.242. The molecule has 3 aromatic rings. The lowest BCUT2D eigenvalue weighted by Gasteiger charge is -2.12. The predicted octanol–water partition coefficient (Wildman–Crippen LogP) is 4.84. The highest BCUT2D eigenvalue weighted by Crippen LogP contribution is 2.32. The van der Waals surface area contributed by atoms with Gasteiger partial charge in [0.2, 0.25) is 0 Å². The van der Waals surface area contributed by atoms with Crippen LogP contribution in [-0.4, -0.2) is 21.3 Å². The van der Waals surface area contributed by atoms with Crippen LogP contribution in [0.15, 0.2) is 36.4 Å². The van der Waals surface area contributed by atoms with Crippen LogP contribution in [0.3, 0.4) is 0 Å². The normalized spacial score (nSPS) is 10.6. The molecule has 0 saturated heterocycles. The molecule has 2 aromatic heterocycles. The number of halogens is 1. The second-order valence-corrected chi connectivity index (χ2v) is 6.44. The minimum absolute atomic E-state index is 0.0963. The SMILES string of the molecule is Cc1cc(Nc2cc(-c3ccc(OC(C)C)cc3)c(C#N)c(Cl)n2)n[nH]1. The van der Waals surface area contributed by atoms with E-state index in [1.54, 1.807) is 6.07 Å². The molecule has 1 aromatic carbocycles. The summed E-state index contributed by atoms with van der Waals surface area (Å²) in [7, 11) is 0. The van der Waals surface area contributed by atoms with Crippen LogP contribution in [0, 0.1) is 18.3 Å². The summed E-state index contributed by atoms with van der Waals surface area (Å²) < 4.78 is 5.66. The number of benzene rings is 1. The summed E-state index contributed by atoms with van der Waals surface area (Å²) in [5, 5.41) is 19.7. The summed E-state index contributed by atoms with van der Waals surface area (Å²) in [4.78, 5) is 4.24. The highest BCUT2D eigenvalue weighted by molar-refractivity contribution is 6.31. The van der Waals surface area contributed by atoms with Crippen LogP contribution < -0.4 is 10.1 Å². The number of nitriles is 1. The highest BCUT2D eigenvalue weighted by Gasteiger charge is 2.14. The van der Waals surface area contributed by atoms with Gasteiger partial charge in [-0.15, -0.1) is 0 Å². The fourth-order valence-electron chi connectivity index (χ4n) is 2.51. The molecule has 132 valence electrons. The maximum Gasteiger partial charge on any atom is 0.153 e. The molecular weight excluding hydrogens is 350 g/mol. The van der Waals surface area contributed by atoms with Crippen molar-refractivity contribution in [3.8, 4) is 22.9 Å². The molecule has 6 nitrogen and oxygen atoms in total. The van der Waals surface area contributed by atoms with Crippen LogP contribution in [0.1, 0.15) is 25.1 Å². The lowest BCUT2D eigenvalue weighted by atomic mass is 10.0. The van der Waals surface area contributed by atoms with Gasteiger partial charge in [0, 0.05) is 17.3 Å². The third kappa shape index (κ3) is 3.95. The number of ether oxygens (including phenoxy) is 1. The molecule has 0 aliphatic rings. The van der Waals surface area contributed by atoms with Crippen LogP contribution in [0.25, 0.3) is 11.1 Å². The minimum Gasteiger partial charge on any atom is -0.491 e. The third-order valence-electron chi connectivity index (χ3n) is 3.59. The molecule has 0 fully saturated rings. The second kappa shape index (κ2) is 7.46. The first-order valence-corrected chi connectivity index (χ1v) is 8.51. The standard InChI is InChI=1S/C19H18ClN5O/c1-11(2)26-14-6-4-13(5-7-14)15-9-17(23-19(20)16(15)10-21)22-18-8-12(3)24-25-18/h4-9,11H,1-3H3,(H2,22,23,24,25). The Morgan fingerprint density at radius 2 is 1.92 bits per heavy atom. The van der Waals surface area contributed by atoms with Crippen molar-refractivity contribution in [1.29, 1.82) is 5.26 Å². The van der Waals surface area contributed by atoms with Gasteiger partial charge in [-0.2, -0.15) is 10.4 Å². The number of hydrogen-bond donors (Lipinski definition) is 2. The van der Waals surface area contributed by atoms with Crippen molar-refractivity contribution in [2.24, 2.45) is 0 Å². The number of nitrogens with one attached hydrogen (secondary N) is 2. The quantitative estimate of drug-likeness (QED) is 0.630. The molecule has 0 spiro atoms. The van der Waals surface area contributed by atoms with E-state index in [1.807, 2.05) is 51.1 Å². The molecule has 3 rings (SSSR count). The summed E-state index contributed by atoms with van der Waals surface area (Å²) >= 11 is 6.23. The maximum atomic E-state index is 9.48. The van der Waals surface area contributed by atoms with Crippen molar-refractivity contribution < 1.29 is 4.74 Å². The largest absolute Gasteiger partial charge is 0.491 e. The van der Waals surface area contributed by atoms with Gasteiger partial charge in [0.15, 0.2) is 5.82 Å². The van der Waals surface area contributed by atoms with Gasteiger partial charge in [-0.25, -0.2) is 4.98 Å². The Labute approximate surface area is 156 Å². The van der Waals surface area contributed by atoms with E-state index in [0.29, 0.717) is 22.8 Å². The minimum atomic E-state index is 0.0963. The Morgan fingerprint density at radius 3 is 2.50 bits per heavy atom. The average Bonchev–Trinajstić information content (AvgIpc) is 2.99. The number of hydrogen-bond acceptors (Lipinski definition) is 5. The third-order valence-corrected chi connectivity index (χ3v) is 3.86. The van der Waals surface area contributed by atoms with Crippen LogP contribution in [0.4, 0.5) is 11.6 Å². The van der Waals surface area contributed by atoms with Gasteiger partial charge in [0.25, 0.3) is 0 Å². The zero-order chi connectivity index (χ0) is 18.7. The summed E-state index contributed by atoms with van der Waals surface area (Å²) in [5.74, 6) is 1.91. The fourth-order valence-corrected chi connectivity index (χ4v) is 2.75. The van der Waals surface area contributed by atoms with E-state index in [-0.39, 0.29) is 11.3 Å². The van der Waals surface area contributed by atoms with Crippen molar-refractivity contribution in [2.45, 2.75) is 26.9 Å². The number of aromatic nitrogens is 3. The molecule has 26 heavy (non-hydrogen) atoms.